The summed E-state index contributed by atoms with van der Waals surface area (Å²) in [6.45, 7) is 7.42. The zero-order chi connectivity index (χ0) is 22.2. The maximum atomic E-state index is 12.9. The number of pyridine rings is 1. The minimum absolute atomic E-state index is 0.200. The van der Waals surface area contributed by atoms with Gasteiger partial charge in [0.2, 0.25) is 5.95 Å². The molecule has 0 atom stereocenters. The first-order valence-corrected chi connectivity index (χ1v) is 10.4. The van der Waals surface area contributed by atoms with Gasteiger partial charge in [0.15, 0.2) is 11.5 Å². The molecule has 0 spiro atoms. The fourth-order valence-corrected chi connectivity index (χ4v) is 3.96. The van der Waals surface area contributed by atoms with E-state index >= 15 is 0 Å². The van der Waals surface area contributed by atoms with E-state index in [0.29, 0.717) is 42.4 Å². The number of allylic oxidation sites excluding steroid dienone is 1. The third kappa shape index (κ3) is 3.42. The molecule has 32 heavy (non-hydrogen) atoms. The molecule has 1 aliphatic heterocycles. The van der Waals surface area contributed by atoms with E-state index in [2.05, 4.69) is 31.7 Å². The van der Waals surface area contributed by atoms with Crippen LogP contribution in [0.5, 0.6) is 0 Å². The standard InChI is InChI=1S/C23H23N7O2/c1-3-10-29-22(32)18-12-25-23(27-21(18)30(29)20-6-4-5-9-24-20)26-16-7-8-19(15(2)11-16)28-13-17(31)14-28/h3-9,11-12,17,31H,1,10,13-14H2,2H3,(H,25,26,27). The van der Waals surface area contributed by atoms with E-state index in [9.17, 15) is 9.90 Å². The van der Waals surface area contributed by atoms with Gasteiger partial charge in [0, 0.05) is 36.9 Å². The van der Waals surface area contributed by atoms with Crippen molar-refractivity contribution in [2.45, 2.75) is 19.6 Å². The van der Waals surface area contributed by atoms with Crippen LogP contribution in [0.3, 0.4) is 0 Å². The predicted octanol–water partition coefficient (Wildman–Crippen LogP) is 2.40. The molecule has 0 radical (unpaired) electrons. The number of fused-ring (bicyclic) bond motifs is 1. The Bertz CT molecular complexity index is 1350. The molecule has 1 fully saturated rings. The molecule has 0 unspecified atom stereocenters. The second-order valence-corrected chi connectivity index (χ2v) is 7.79. The fraction of sp³-hybridized carbons (Fsp3) is 0.217. The molecular formula is C23H23N7O2. The number of β-amino-alcohol motifs (C(OH)–C–C–N with tert-alkyl or cyclic N) is 1. The molecular weight excluding hydrogens is 406 g/mol. The average molecular weight is 429 g/mol. The number of nitrogens with zero attached hydrogens (tertiary/aromatic N) is 6. The lowest BCUT2D eigenvalue weighted by Crippen LogP contribution is -2.51. The Balaban J connectivity index is 1.53. The summed E-state index contributed by atoms with van der Waals surface area (Å²) in [6, 6.07) is 11.5. The summed E-state index contributed by atoms with van der Waals surface area (Å²) < 4.78 is 3.23. The molecule has 2 N–H and O–H groups in total. The van der Waals surface area contributed by atoms with Crippen LogP contribution in [0.1, 0.15) is 5.56 Å². The quantitative estimate of drug-likeness (QED) is 0.454. The number of aliphatic hydroxyl groups is 1. The zero-order valence-electron chi connectivity index (χ0n) is 17.6. The molecule has 9 heteroatoms. The van der Waals surface area contributed by atoms with Gasteiger partial charge in [0.1, 0.15) is 5.39 Å². The van der Waals surface area contributed by atoms with Crippen molar-refractivity contribution in [2.75, 3.05) is 23.3 Å². The maximum absolute atomic E-state index is 12.9. The number of benzene rings is 1. The number of aromatic nitrogens is 5. The molecule has 1 aliphatic rings. The zero-order valence-corrected chi connectivity index (χ0v) is 17.6. The lowest BCUT2D eigenvalue weighted by molar-refractivity contribution is 0.142. The van der Waals surface area contributed by atoms with Crippen molar-refractivity contribution in [1.29, 1.82) is 0 Å². The molecule has 0 bridgehead atoms. The molecule has 0 aliphatic carbocycles. The summed E-state index contributed by atoms with van der Waals surface area (Å²) >= 11 is 0. The van der Waals surface area contributed by atoms with Gasteiger partial charge in [-0.05, 0) is 42.8 Å². The highest BCUT2D eigenvalue weighted by molar-refractivity contribution is 5.77. The van der Waals surface area contributed by atoms with Gasteiger partial charge in [-0.15, -0.1) is 6.58 Å². The fourth-order valence-electron chi connectivity index (χ4n) is 3.96. The van der Waals surface area contributed by atoms with Crippen LogP contribution in [0.2, 0.25) is 0 Å². The van der Waals surface area contributed by atoms with Gasteiger partial charge < -0.3 is 15.3 Å². The molecule has 0 saturated carbocycles. The minimum atomic E-state index is -0.252. The Kier molecular flexibility index (Phi) is 4.95. The van der Waals surface area contributed by atoms with Crippen molar-refractivity contribution < 1.29 is 5.11 Å². The molecule has 162 valence electrons. The third-order valence-electron chi connectivity index (χ3n) is 5.50. The lowest BCUT2D eigenvalue weighted by Gasteiger charge is -2.38. The highest BCUT2D eigenvalue weighted by atomic mass is 16.3. The maximum Gasteiger partial charge on any atom is 0.278 e. The SMILES string of the molecule is C=CCn1c(=O)c2cnc(Nc3ccc(N4CC(O)C4)c(C)c3)nc2n1-c1ccccn1. The number of anilines is 3. The van der Waals surface area contributed by atoms with Gasteiger partial charge in [-0.2, -0.15) is 4.98 Å². The van der Waals surface area contributed by atoms with Crippen LogP contribution < -0.4 is 15.8 Å². The Morgan fingerprint density at radius 1 is 1.25 bits per heavy atom. The van der Waals surface area contributed by atoms with Gasteiger partial charge in [-0.3, -0.25) is 4.79 Å². The minimum Gasteiger partial charge on any atom is -0.389 e. The Labute approximate surface area is 184 Å². The summed E-state index contributed by atoms with van der Waals surface area (Å²) in [6.07, 6.45) is 4.62. The molecule has 3 aromatic heterocycles. The number of aliphatic hydroxyl groups excluding tert-OH is 1. The summed E-state index contributed by atoms with van der Waals surface area (Å²) in [7, 11) is 0. The molecule has 5 rings (SSSR count). The van der Waals surface area contributed by atoms with Gasteiger partial charge in [0.05, 0.1) is 12.6 Å². The van der Waals surface area contributed by atoms with Crippen LogP contribution in [0.25, 0.3) is 16.9 Å². The lowest BCUT2D eigenvalue weighted by atomic mass is 10.1. The van der Waals surface area contributed by atoms with Gasteiger partial charge >= 0.3 is 0 Å². The van der Waals surface area contributed by atoms with Crippen molar-refractivity contribution in [2.24, 2.45) is 0 Å². The molecule has 1 aromatic carbocycles. The monoisotopic (exact) mass is 429 g/mol. The van der Waals surface area contributed by atoms with Gasteiger partial charge in [0.25, 0.3) is 5.56 Å². The molecule has 4 aromatic rings. The average Bonchev–Trinajstić information content (AvgIpc) is 3.04. The first-order valence-electron chi connectivity index (χ1n) is 10.4. The molecule has 0 amide bonds. The normalized spacial score (nSPS) is 13.9. The molecule has 9 nitrogen and oxygen atoms in total. The van der Waals surface area contributed by atoms with Crippen molar-refractivity contribution >= 4 is 28.4 Å². The number of nitrogens with one attached hydrogen (secondary N) is 1. The first kappa shape index (κ1) is 20.0. The van der Waals surface area contributed by atoms with E-state index in [-0.39, 0.29) is 11.7 Å². The number of hydrogen-bond acceptors (Lipinski definition) is 7. The summed E-state index contributed by atoms with van der Waals surface area (Å²) in [5, 5.41) is 13.2. The predicted molar refractivity (Wildman–Crippen MR) is 124 cm³/mol. The molecule has 1 saturated heterocycles. The highest BCUT2D eigenvalue weighted by Crippen LogP contribution is 2.28. The van der Waals surface area contributed by atoms with E-state index in [1.54, 1.807) is 21.6 Å². The van der Waals surface area contributed by atoms with Crippen molar-refractivity contribution in [3.05, 3.63) is 77.4 Å². The smallest absolute Gasteiger partial charge is 0.278 e. The van der Waals surface area contributed by atoms with Crippen LogP contribution in [0, 0.1) is 6.92 Å². The number of rotatable bonds is 6. The van der Waals surface area contributed by atoms with Crippen LogP contribution in [-0.4, -0.2) is 48.6 Å². The van der Waals surface area contributed by atoms with E-state index < -0.39 is 0 Å². The van der Waals surface area contributed by atoms with Crippen molar-refractivity contribution in [3.63, 3.8) is 0 Å². The van der Waals surface area contributed by atoms with E-state index in [0.717, 1.165) is 16.9 Å². The number of hydrogen-bond donors (Lipinski definition) is 2. The Morgan fingerprint density at radius 3 is 2.78 bits per heavy atom. The Hall–Kier alpha value is -3.98. The van der Waals surface area contributed by atoms with Gasteiger partial charge in [-0.25, -0.2) is 19.3 Å². The van der Waals surface area contributed by atoms with E-state index in [4.69, 9.17) is 0 Å². The van der Waals surface area contributed by atoms with Crippen LogP contribution >= 0.6 is 0 Å². The largest absolute Gasteiger partial charge is 0.389 e. The highest BCUT2D eigenvalue weighted by Gasteiger charge is 2.25. The summed E-state index contributed by atoms with van der Waals surface area (Å²) in [4.78, 5) is 28.5. The summed E-state index contributed by atoms with van der Waals surface area (Å²) in [5.41, 5.74) is 3.29. The molecule has 4 heterocycles. The first-order chi connectivity index (χ1) is 15.5. The Morgan fingerprint density at radius 2 is 2.09 bits per heavy atom. The van der Waals surface area contributed by atoms with E-state index in [1.807, 2.05) is 43.3 Å². The third-order valence-corrected chi connectivity index (χ3v) is 5.50. The van der Waals surface area contributed by atoms with Crippen LogP contribution in [0.4, 0.5) is 17.3 Å². The topological polar surface area (TPSA) is 101 Å². The van der Waals surface area contributed by atoms with Crippen molar-refractivity contribution in [1.82, 2.24) is 24.3 Å². The van der Waals surface area contributed by atoms with Gasteiger partial charge in [-0.1, -0.05) is 12.1 Å². The summed E-state index contributed by atoms with van der Waals surface area (Å²) in [5.74, 6) is 0.965. The second kappa shape index (κ2) is 7.93. The van der Waals surface area contributed by atoms with Crippen molar-refractivity contribution in [3.8, 4) is 5.82 Å². The van der Waals surface area contributed by atoms with Crippen LogP contribution in [-0.2, 0) is 6.54 Å². The number of aryl methyl sites for hydroxylation is 1. The van der Waals surface area contributed by atoms with Crippen LogP contribution in [0.15, 0.2) is 66.2 Å². The second-order valence-electron chi connectivity index (χ2n) is 7.79. The van der Waals surface area contributed by atoms with E-state index in [1.165, 1.54) is 6.20 Å².